The van der Waals surface area contributed by atoms with E-state index in [4.69, 9.17) is 0 Å². The number of aromatic nitrogens is 3. The smallest absolute Gasteiger partial charge is 0.382 e. The van der Waals surface area contributed by atoms with E-state index in [9.17, 15) is 22.4 Å². The molecule has 1 aromatic carbocycles. The number of hydrogen-bond donors (Lipinski definition) is 2. The number of rotatable bonds is 4. The monoisotopic (exact) mass is 485 g/mol. The summed E-state index contributed by atoms with van der Waals surface area (Å²) in [6, 6.07) is 7.59. The van der Waals surface area contributed by atoms with E-state index in [1.807, 2.05) is 13.1 Å². The first-order chi connectivity index (χ1) is 16.7. The third-order valence-corrected chi connectivity index (χ3v) is 6.26. The number of carbonyl (C=O) groups excluding carboxylic acids is 1. The standard InChI is InChI=1S/C25H23F4N5O/c1-14-12-34-13-15(5-8-23(34)30-14)24(35)32-18-4-2-3-17(10-18)31-21-11-22(25(27,28)29)33-20-7-6-16(26)9-19(20)21/h5-9,11-13,17-18H,2-4,10H2,1H3,(H,31,33)(H,32,35)/t17-,18+/m0/s1. The molecule has 0 spiro atoms. The molecule has 10 heteroatoms. The first kappa shape index (κ1) is 23.1. The van der Waals surface area contributed by atoms with Gasteiger partial charge in [-0.15, -0.1) is 0 Å². The Morgan fingerprint density at radius 2 is 1.86 bits per heavy atom. The van der Waals surface area contributed by atoms with Crippen LogP contribution >= 0.6 is 0 Å². The maximum atomic E-state index is 13.9. The topological polar surface area (TPSA) is 71.3 Å². The fourth-order valence-electron chi connectivity index (χ4n) is 4.66. The molecule has 182 valence electrons. The summed E-state index contributed by atoms with van der Waals surface area (Å²) in [6.45, 7) is 1.87. The van der Waals surface area contributed by atoms with Crippen LogP contribution in [0.2, 0.25) is 0 Å². The minimum Gasteiger partial charge on any atom is -0.382 e. The van der Waals surface area contributed by atoms with Gasteiger partial charge < -0.3 is 15.0 Å². The van der Waals surface area contributed by atoms with Gasteiger partial charge in [0.25, 0.3) is 5.91 Å². The lowest BCUT2D eigenvalue weighted by Crippen LogP contribution is -2.41. The Morgan fingerprint density at radius 1 is 1.06 bits per heavy atom. The molecule has 6 nitrogen and oxygen atoms in total. The summed E-state index contributed by atoms with van der Waals surface area (Å²) in [4.78, 5) is 20.9. The zero-order chi connectivity index (χ0) is 24.7. The molecule has 2 N–H and O–H groups in total. The average Bonchev–Trinajstić information content (AvgIpc) is 3.18. The van der Waals surface area contributed by atoms with Gasteiger partial charge in [-0.25, -0.2) is 14.4 Å². The van der Waals surface area contributed by atoms with Gasteiger partial charge in [0.1, 0.15) is 17.2 Å². The van der Waals surface area contributed by atoms with E-state index in [2.05, 4.69) is 20.6 Å². The van der Waals surface area contributed by atoms with Gasteiger partial charge in [-0.3, -0.25) is 4.79 Å². The molecule has 0 bridgehead atoms. The Morgan fingerprint density at radius 3 is 2.66 bits per heavy atom. The quantitative estimate of drug-likeness (QED) is 0.375. The van der Waals surface area contributed by atoms with Gasteiger partial charge >= 0.3 is 6.18 Å². The van der Waals surface area contributed by atoms with Crippen molar-refractivity contribution in [3.8, 4) is 0 Å². The van der Waals surface area contributed by atoms with E-state index in [0.29, 0.717) is 18.4 Å². The first-order valence-corrected chi connectivity index (χ1v) is 11.4. The van der Waals surface area contributed by atoms with Crippen molar-refractivity contribution in [2.24, 2.45) is 0 Å². The second kappa shape index (κ2) is 8.83. The van der Waals surface area contributed by atoms with Crippen LogP contribution in [0, 0.1) is 12.7 Å². The summed E-state index contributed by atoms with van der Waals surface area (Å²) in [5.41, 5.74) is 1.30. The molecule has 4 aromatic rings. The second-order valence-electron chi connectivity index (χ2n) is 8.96. The molecule has 3 heterocycles. The maximum Gasteiger partial charge on any atom is 0.433 e. The molecule has 1 saturated carbocycles. The Kier molecular flexibility index (Phi) is 5.82. The Labute approximate surface area is 198 Å². The predicted octanol–water partition coefficient (Wildman–Crippen LogP) is 5.50. The summed E-state index contributed by atoms with van der Waals surface area (Å²) in [7, 11) is 0. The van der Waals surface area contributed by atoms with Crippen molar-refractivity contribution < 1.29 is 22.4 Å². The number of benzene rings is 1. The van der Waals surface area contributed by atoms with E-state index in [-0.39, 0.29) is 34.6 Å². The number of imidazole rings is 1. The lowest BCUT2D eigenvalue weighted by Gasteiger charge is -2.31. The first-order valence-electron chi connectivity index (χ1n) is 11.4. The van der Waals surface area contributed by atoms with E-state index in [0.717, 1.165) is 36.3 Å². The highest BCUT2D eigenvalue weighted by atomic mass is 19.4. The number of amides is 1. The number of halogens is 4. The third-order valence-electron chi connectivity index (χ3n) is 6.26. The van der Waals surface area contributed by atoms with Gasteiger partial charge in [-0.1, -0.05) is 0 Å². The minimum absolute atomic E-state index is 0.0644. The zero-order valence-electron chi connectivity index (χ0n) is 18.9. The van der Waals surface area contributed by atoms with Crippen LogP contribution in [0.3, 0.4) is 0 Å². The van der Waals surface area contributed by atoms with Crippen LogP contribution in [0.25, 0.3) is 16.6 Å². The zero-order valence-corrected chi connectivity index (χ0v) is 18.9. The summed E-state index contributed by atoms with van der Waals surface area (Å²) >= 11 is 0. The van der Waals surface area contributed by atoms with Gasteiger partial charge in [0.2, 0.25) is 0 Å². The average molecular weight is 485 g/mol. The lowest BCUT2D eigenvalue weighted by molar-refractivity contribution is -0.140. The van der Waals surface area contributed by atoms with Crippen LogP contribution in [-0.4, -0.2) is 32.4 Å². The number of anilines is 1. The van der Waals surface area contributed by atoms with Crippen molar-refractivity contribution in [1.82, 2.24) is 19.7 Å². The van der Waals surface area contributed by atoms with E-state index < -0.39 is 17.7 Å². The highest BCUT2D eigenvalue weighted by Crippen LogP contribution is 2.34. The van der Waals surface area contributed by atoms with Crippen molar-refractivity contribution >= 4 is 28.1 Å². The highest BCUT2D eigenvalue weighted by Gasteiger charge is 2.34. The fraction of sp³-hybridized carbons (Fsp3) is 0.320. The predicted molar refractivity (Wildman–Crippen MR) is 124 cm³/mol. The molecule has 1 aliphatic carbocycles. The van der Waals surface area contributed by atoms with Crippen molar-refractivity contribution in [3.05, 3.63) is 71.6 Å². The summed E-state index contributed by atoms with van der Waals surface area (Å²) in [5, 5.41) is 6.49. The van der Waals surface area contributed by atoms with Crippen LogP contribution in [-0.2, 0) is 6.18 Å². The van der Waals surface area contributed by atoms with Gasteiger partial charge in [-0.2, -0.15) is 13.2 Å². The SMILES string of the molecule is Cc1cn2cc(C(=O)N[C@@H]3CCC[C@H](Nc4cc(C(F)(F)F)nc5ccc(F)cc45)C3)ccc2n1. The van der Waals surface area contributed by atoms with Crippen LogP contribution in [0.1, 0.15) is 47.4 Å². The molecule has 0 unspecified atom stereocenters. The van der Waals surface area contributed by atoms with Gasteiger partial charge in [0.05, 0.1) is 16.8 Å². The molecular formula is C25H23F4N5O. The van der Waals surface area contributed by atoms with E-state index >= 15 is 0 Å². The van der Waals surface area contributed by atoms with E-state index in [1.165, 1.54) is 12.1 Å². The number of pyridine rings is 2. The van der Waals surface area contributed by atoms with Crippen LogP contribution in [0.15, 0.2) is 48.8 Å². The number of nitrogens with zero attached hydrogens (tertiary/aromatic N) is 3. The number of hydrogen-bond acceptors (Lipinski definition) is 4. The molecule has 0 radical (unpaired) electrons. The number of nitrogens with one attached hydrogen (secondary N) is 2. The molecule has 0 aliphatic heterocycles. The Bertz CT molecular complexity index is 1410. The Balaban J connectivity index is 1.33. The van der Waals surface area contributed by atoms with Crippen molar-refractivity contribution in [3.63, 3.8) is 0 Å². The largest absolute Gasteiger partial charge is 0.433 e. The fourth-order valence-corrected chi connectivity index (χ4v) is 4.66. The summed E-state index contributed by atoms with van der Waals surface area (Å²) in [5.74, 6) is -0.777. The van der Waals surface area contributed by atoms with Crippen molar-refractivity contribution in [2.45, 2.75) is 50.9 Å². The molecule has 2 atom stereocenters. The second-order valence-corrected chi connectivity index (χ2v) is 8.96. The molecule has 1 aliphatic rings. The normalized spacial score (nSPS) is 18.7. The van der Waals surface area contributed by atoms with E-state index in [1.54, 1.807) is 22.7 Å². The molecule has 1 fully saturated rings. The summed E-state index contributed by atoms with van der Waals surface area (Å²) in [6.07, 6.45) is 1.72. The lowest BCUT2D eigenvalue weighted by atomic mass is 9.90. The van der Waals surface area contributed by atoms with Gasteiger partial charge in [0.15, 0.2) is 0 Å². The molecule has 0 saturated heterocycles. The number of aryl methyl sites for hydroxylation is 1. The molecule has 5 rings (SSSR count). The van der Waals surface area contributed by atoms with Crippen LogP contribution < -0.4 is 10.6 Å². The van der Waals surface area contributed by atoms with Gasteiger partial charge in [0, 0.05) is 35.6 Å². The minimum atomic E-state index is -4.63. The maximum absolute atomic E-state index is 13.9. The third kappa shape index (κ3) is 4.91. The Hall–Kier alpha value is -3.69. The molecular weight excluding hydrogens is 462 g/mol. The highest BCUT2D eigenvalue weighted by molar-refractivity contribution is 5.94. The van der Waals surface area contributed by atoms with Crippen molar-refractivity contribution in [1.29, 1.82) is 0 Å². The molecule has 35 heavy (non-hydrogen) atoms. The number of fused-ring (bicyclic) bond motifs is 2. The molecule has 1 amide bonds. The number of alkyl halides is 3. The molecule has 3 aromatic heterocycles. The van der Waals surface area contributed by atoms with Gasteiger partial charge in [-0.05, 0) is 69.0 Å². The van der Waals surface area contributed by atoms with Crippen LogP contribution in [0.4, 0.5) is 23.2 Å². The summed E-state index contributed by atoms with van der Waals surface area (Å²) < 4.78 is 55.9. The number of carbonyl (C=O) groups is 1. The van der Waals surface area contributed by atoms with Crippen LogP contribution in [0.5, 0.6) is 0 Å². The van der Waals surface area contributed by atoms with Crippen molar-refractivity contribution in [2.75, 3.05) is 5.32 Å².